The zero-order valence-electron chi connectivity index (χ0n) is 11.2. The van der Waals surface area contributed by atoms with Crippen LogP contribution in [0.4, 0.5) is 5.82 Å². The van der Waals surface area contributed by atoms with Crippen LogP contribution in [0.5, 0.6) is 0 Å². The molecular formula is C14H22BrN3. The Morgan fingerprint density at radius 3 is 2.83 bits per heavy atom. The summed E-state index contributed by atoms with van der Waals surface area (Å²) in [5, 5.41) is 3.21. The zero-order valence-corrected chi connectivity index (χ0v) is 12.8. The van der Waals surface area contributed by atoms with Crippen molar-refractivity contribution in [3.63, 3.8) is 0 Å². The molecule has 1 N–H and O–H groups in total. The minimum absolute atomic E-state index is 0.850. The first-order valence-electron chi connectivity index (χ1n) is 6.71. The van der Waals surface area contributed by atoms with Gasteiger partial charge in [-0.05, 0) is 47.8 Å². The van der Waals surface area contributed by atoms with E-state index in [0.29, 0.717) is 0 Å². The standard InChI is InChI=1S/C14H22BrN3/c1-16-8-12-7-13(15)9-17-14(12)18(2)10-11-5-3-4-6-11/h7,9,11,16H,3-6,8,10H2,1-2H3. The van der Waals surface area contributed by atoms with Gasteiger partial charge in [0, 0.05) is 36.4 Å². The van der Waals surface area contributed by atoms with Crippen molar-refractivity contribution in [2.24, 2.45) is 5.92 Å². The fourth-order valence-electron chi connectivity index (χ4n) is 2.80. The molecule has 1 aromatic rings. The van der Waals surface area contributed by atoms with E-state index in [2.05, 4.69) is 44.2 Å². The predicted molar refractivity (Wildman–Crippen MR) is 79.9 cm³/mol. The van der Waals surface area contributed by atoms with Crippen molar-refractivity contribution in [3.05, 3.63) is 22.3 Å². The predicted octanol–water partition coefficient (Wildman–Crippen LogP) is 3.19. The number of anilines is 1. The molecule has 1 heterocycles. The van der Waals surface area contributed by atoms with E-state index in [1.165, 1.54) is 31.2 Å². The number of pyridine rings is 1. The molecule has 1 fully saturated rings. The van der Waals surface area contributed by atoms with Gasteiger partial charge in [0.25, 0.3) is 0 Å². The van der Waals surface area contributed by atoms with Gasteiger partial charge in [-0.1, -0.05) is 12.8 Å². The molecule has 0 aliphatic heterocycles. The van der Waals surface area contributed by atoms with Crippen molar-refractivity contribution in [2.45, 2.75) is 32.2 Å². The molecule has 3 nitrogen and oxygen atoms in total. The third-order valence-corrected chi connectivity index (χ3v) is 4.08. The van der Waals surface area contributed by atoms with Crippen molar-refractivity contribution in [1.82, 2.24) is 10.3 Å². The maximum Gasteiger partial charge on any atom is 0.132 e. The molecule has 1 aliphatic carbocycles. The van der Waals surface area contributed by atoms with Crippen molar-refractivity contribution in [2.75, 3.05) is 25.5 Å². The summed E-state index contributed by atoms with van der Waals surface area (Å²) >= 11 is 3.49. The SMILES string of the molecule is CNCc1cc(Br)cnc1N(C)CC1CCCC1. The first kappa shape index (κ1) is 13.8. The Morgan fingerprint density at radius 2 is 2.17 bits per heavy atom. The van der Waals surface area contributed by atoms with Crippen LogP contribution in [-0.4, -0.2) is 25.6 Å². The number of hydrogen-bond donors (Lipinski definition) is 1. The van der Waals surface area contributed by atoms with Gasteiger partial charge in [-0.15, -0.1) is 0 Å². The topological polar surface area (TPSA) is 28.2 Å². The Bertz CT molecular complexity index is 389. The van der Waals surface area contributed by atoms with E-state index in [4.69, 9.17) is 0 Å². The van der Waals surface area contributed by atoms with E-state index in [9.17, 15) is 0 Å². The molecule has 0 saturated heterocycles. The van der Waals surface area contributed by atoms with Crippen molar-refractivity contribution in [3.8, 4) is 0 Å². The second kappa shape index (κ2) is 6.53. The van der Waals surface area contributed by atoms with Crippen LogP contribution in [0.2, 0.25) is 0 Å². The van der Waals surface area contributed by atoms with Gasteiger partial charge in [-0.2, -0.15) is 0 Å². The minimum atomic E-state index is 0.850. The Kier molecular flexibility index (Phi) is 5.01. The van der Waals surface area contributed by atoms with Crippen molar-refractivity contribution < 1.29 is 0 Å². The zero-order chi connectivity index (χ0) is 13.0. The quantitative estimate of drug-likeness (QED) is 0.905. The number of nitrogens with one attached hydrogen (secondary N) is 1. The number of nitrogens with zero attached hydrogens (tertiary/aromatic N) is 2. The molecule has 4 heteroatoms. The lowest BCUT2D eigenvalue weighted by Crippen LogP contribution is -2.26. The summed E-state index contributed by atoms with van der Waals surface area (Å²) in [4.78, 5) is 6.89. The van der Waals surface area contributed by atoms with E-state index in [1.54, 1.807) is 0 Å². The largest absolute Gasteiger partial charge is 0.359 e. The van der Waals surface area contributed by atoms with E-state index in [-0.39, 0.29) is 0 Å². The number of halogens is 1. The highest BCUT2D eigenvalue weighted by atomic mass is 79.9. The second-order valence-electron chi connectivity index (χ2n) is 5.20. The first-order valence-corrected chi connectivity index (χ1v) is 7.50. The molecule has 0 radical (unpaired) electrons. The van der Waals surface area contributed by atoms with Gasteiger partial charge in [-0.3, -0.25) is 0 Å². The van der Waals surface area contributed by atoms with Gasteiger partial charge in [0.15, 0.2) is 0 Å². The average Bonchev–Trinajstić information content (AvgIpc) is 2.82. The highest BCUT2D eigenvalue weighted by Crippen LogP contribution is 2.28. The molecule has 0 bridgehead atoms. The molecule has 0 aromatic carbocycles. The molecule has 0 spiro atoms. The lowest BCUT2D eigenvalue weighted by Gasteiger charge is -2.24. The van der Waals surface area contributed by atoms with Gasteiger partial charge in [0.1, 0.15) is 5.82 Å². The Morgan fingerprint density at radius 1 is 1.44 bits per heavy atom. The van der Waals surface area contributed by atoms with Crippen LogP contribution >= 0.6 is 15.9 Å². The van der Waals surface area contributed by atoms with Crippen molar-refractivity contribution in [1.29, 1.82) is 0 Å². The van der Waals surface area contributed by atoms with Gasteiger partial charge >= 0.3 is 0 Å². The second-order valence-corrected chi connectivity index (χ2v) is 6.11. The van der Waals surface area contributed by atoms with Gasteiger partial charge < -0.3 is 10.2 Å². The minimum Gasteiger partial charge on any atom is -0.359 e. The smallest absolute Gasteiger partial charge is 0.132 e. The van der Waals surface area contributed by atoms with Crippen LogP contribution in [-0.2, 0) is 6.54 Å². The number of hydrogen-bond acceptors (Lipinski definition) is 3. The van der Waals surface area contributed by atoms with Gasteiger partial charge in [-0.25, -0.2) is 4.98 Å². The van der Waals surface area contributed by atoms with Gasteiger partial charge in [0.2, 0.25) is 0 Å². The molecule has 1 saturated carbocycles. The normalized spacial score (nSPS) is 16.2. The van der Waals surface area contributed by atoms with E-state index < -0.39 is 0 Å². The maximum atomic E-state index is 4.58. The molecule has 1 aromatic heterocycles. The summed E-state index contributed by atoms with van der Waals surface area (Å²) in [7, 11) is 4.13. The Labute approximate surface area is 118 Å². The van der Waals surface area contributed by atoms with Gasteiger partial charge in [0.05, 0.1) is 0 Å². The van der Waals surface area contributed by atoms with Crippen LogP contribution < -0.4 is 10.2 Å². The van der Waals surface area contributed by atoms with Crippen LogP contribution in [0.15, 0.2) is 16.7 Å². The van der Waals surface area contributed by atoms with Crippen molar-refractivity contribution >= 4 is 21.7 Å². The van der Waals surface area contributed by atoms with E-state index >= 15 is 0 Å². The van der Waals surface area contributed by atoms with E-state index in [1.807, 2.05) is 13.2 Å². The molecule has 0 amide bonds. The maximum absolute atomic E-state index is 4.58. The summed E-state index contributed by atoms with van der Waals surface area (Å²) in [6, 6.07) is 2.16. The monoisotopic (exact) mass is 311 g/mol. The summed E-state index contributed by atoms with van der Waals surface area (Å²) in [6.45, 7) is 1.99. The Hall–Kier alpha value is -0.610. The fraction of sp³-hybridized carbons (Fsp3) is 0.643. The lowest BCUT2D eigenvalue weighted by atomic mass is 10.1. The summed E-state index contributed by atoms with van der Waals surface area (Å²) in [6.07, 6.45) is 7.44. The molecule has 1 aliphatic rings. The summed E-state index contributed by atoms with van der Waals surface area (Å²) in [5.74, 6) is 1.96. The third kappa shape index (κ3) is 3.45. The molecule has 0 unspecified atom stereocenters. The summed E-state index contributed by atoms with van der Waals surface area (Å²) in [5.41, 5.74) is 1.26. The summed E-state index contributed by atoms with van der Waals surface area (Å²) < 4.78 is 1.05. The lowest BCUT2D eigenvalue weighted by molar-refractivity contribution is 0.544. The first-order chi connectivity index (χ1) is 8.70. The van der Waals surface area contributed by atoms with Crippen LogP contribution in [0.25, 0.3) is 0 Å². The van der Waals surface area contributed by atoms with Crippen LogP contribution in [0, 0.1) is 5.92 Å². The number of aromatic nitrogens is 1. The van der Waals surface area contributed by atoms with E-state index in [0.717, 1.165) is 29.3 Å². The van der Waals surface area contributed by atoms with Crippen LogP contribution in [0.1, 0.15) is 31.2 Å². The fourth-order valence-corrected chi connectivity index (χ4v) is 3.18. The Balaban J connectivity index is 2.09. The average molecular weight is 312 g/mol. The molecule has 0 atom stereocenters. The molecule has 100 valence electrons. The highest BCUT2D eigenvalue weighted by Gasteiger charge is 2.18. The highest BCUT2D eigenvalue weighted by molar-refractivity contribution is 9.10. The molecule has 18 heavy (non-hydrogen) atoms. The molecular weight excluding hydrogens is 290 g/mol. The van der Waals surface area contributed by atoms with Crippen LogP contribution in [0.3, 0.4) is 0 Å². The third-order valence-electron chi connectivity index (χ3n) is 3.65. The number of rotatable bonds is 5. The molecule has 2 rings (SSSR count).